The molecule has 3 aliphatic heterocycles. The van der Waals surface area contributed by atoms with Crippen LogP contribution in [-0.4, -0.2) is 11.3 Å². The predicted molar refractivity (Wildman–Crippen MR) is 234 cm³/mol. The molecule has 0 amide bonds. The number of aromatic nitrogens is 1. The van der Waals surface area contributed by atoms with Gasteiger partial charge in [-0.25, -0.2) is 0 Å². The van der Waals surface area contributed by atoms with E-state index in [4.69, 9.17) is 4.42 Å². The fourth-order valence-corrected chi connectivity index (χ4v) is 11.3. The van der Waals surface area contributed by atoms with Crippen LogP contribution in [0.2, 0.25) is 0 Å². The van der Waals surface area contributed by atoms with E-state index >= 15 is 0 Å². The molecule has 3 aromatic heterocycles. The second kappa shape index (κ2) is 10.3. The number of benzene rings is 7. The highest BCUT2D eigenvalue weighted by atomic mass is 32.1. The van der Waals surface area contributed by atoms with Crippen molar-refractivity contribution in [2.75, 3.05) is 9.80 Å². The van der Waals surface area contributed by atoms with Gasteiger partial charge in [0.1, 0.15) is 5.58 Å². The molecular weight excluding hydrogens is 703 g/mol. The zero-order chi connectivity index (χ0) is 37.2. The molecule has 10 aromatic rings. The molecule has 7 aromatic carbocycles. The lowest BCUT2D eigenvalue weighted by molar-refractivity contribution is 0.590. The third-order valence-corrected chi connectivity index (χ3v) is 13.6. The van der Waals surface area contributed by atoms with Crippen molar-refractivity contribution in [1.29, 1.82) is 5.26 Å². The number of rotatable bonds is 1. The molecule has 0 saturated heterocycles. The van der Waals surface area contributed by atoms with Gasteiger partial charge in [-0.1, -0.05) is 99.6 Å². The second-order valence-corrected chi connectivity index (χ2v) is 17.5. The maximum absolute atomic E-state index is 10.8. The molecule has 56 heavy (non-hydrogen) atoms. The van der Waals surface area contributed by atoms with Gasteiger partial charge in [0.2, 0.25) is 0 Å². The first-order valence-electron chi connectivity index (χ1n) is 19.2. The number of anilines is 6. The van der Waals surface area contributed by atoms with Crippen LogP contribution in [0.4, 0.5) is 34.1 Å². The summed E-state index contributed by atoms with van der Waals surface area (Å²) in [5.74, 6) is 0. The summed E-state index contributed by atoms with van der Waals surface area (Å²) in [4.78, 5) is 4.86. The summed E-state index contributed by atoms with van der Waals surface area (Å²) in [7, 11) is 0. The average molecular weight is 735 g/mol. The number of nitrogens with zero attached hydrogens (tertiary/aromatic N) is 4. The topological polar surface area (TPSA) is 48.3 Å². The molecule has 3 aliphatic rings. The minimum atomic E-state index is -0.208. The molecule has 0 bridgehead atoms. The zero-order valence-corrected chi connectivity index (χ0v) is 31.7. The van der Waals surface area contributed by atoms with Gasteiger partial charge in [0.05, 0.1) is 61.5 Å². The van der Waals surface area contributed by atoms with Crippen LogP contribution in [0.1, 0.15) is 31.9 Å². The molecule has 0 fully saturated rings. The van der Waals surface area contributed by atoms with Gasteiger partial charge in [0.25, 0.3) is 6.71 Å². The zero-order valence-electron chi connectivity index (χ0n) is 30.9. The standard InChI is InChI=1S/C49H31BN4OS/c1-49(2,3)28-21-22-41-33(25-28)45-48(55-41)50-34-15-10-18-37-46(34)53(36-17-8-13-31-29-11-4-6-16-35(29)52(37)44(31)36)39-23-27(26-51)24-40(43(39)50)54(45)38-19-9-14-32-30-12-5-7-20-42(30)56-47(32)38/h4-25H,1-3H3. The van der Waals surface area contributed by atoms with Crippen molar-refractivity contribution in [1.82, 2.24) is 4.57 Å². The highest BCUT2D eigenvalue weighted by Gasteiger charge is 2.49. The lowest BCUT2D eigenvalue weighted by Gasteiger charge is -2.44. The number of para-hydroxylation sites is 3. The lowest BCUT2D eigenvalue weighted by atomic mass is 9.35. The van der Waals surface area contributed by atoms with Crippen molar-refractivity contribution >= 4 is 122 Å². The molecule has 7 heteroatoms. The Kier molecular flexibility index (Phi) is 5.63. The molecule has 0 unspecified atom stereocenters. The van der Waals surface area contributed by atoms with Crippen LogP contribution in [0.25, 0.3) is 58.6 Å². The van der Waals surface area contributed by atoms with E-state index < -0.39 is 0 Å². The Morgan fingerprint density at radius 3 is 2.14 bits per heavy atom. The highest BCUT2D eigenvalue weighted by molar-refractivity contribution is 7.26. The summed E-state index contributed by atoms with van der Waals surface area (Å²) >= 11 is 1.83. The molecular formula is C49H31BN4OS. The number of furan rings is 1. The van der Waals surface area contributed by atoms with E-state index in [9.17, 15) is 5.26 Å². The van der Waals surface area contributed by atoms with Gasteiger partial charge in [-0.05, 0) is 76.5 Å². The molecule has 0 atom stereocenters. The first-order valence-corrected chi connectivity index (χ1v) is 20.0. The van der Waals surface area contributed by atoms with Crippen LogP contribution in [0.3, 0.4) is 0 Å². The van der Waals surface area contributed by atoms with Crippen molar-refractivity contribution in [3.05, 3.63) is 145 Å². The van der Waals surface area contributed by atoms with Gasteiger partial charge in [-0.3, -0.25) is 0 Å². The molecule has 0 saturated carbocycles. The van der Waals surface area contributed by atoms with E-state index in [0.717, 1.165) is 61.9 Å². The number of thiophene rings is 1. The summed E-state index contributed by atoms with van der Waals surface area (Å²) < 4.78 is 12.1. The fourth-order valence-electron chi connectivity index (χ4n) is 10.1. The molecule has 0 N–H and O–H groups in total. The molecule has 13 rings (SSSR count). The Hall–Kier alpha value is -6.75. The van der Waals surface area contributed by atoms with Crippen LogP contribution in [-0.2, 0) is 5.41 Å². The summed E-state index contributed by atoms with van der Waals surface area (Å²) in [6.45, 7) is 6.59. The van der Waals surface area contributed by atoms with Crippen LogP contribution in [0, 0.1) is 11.3 Å². The number of fused-ring (bicyclic) bond motifs is 14. The Morgan fingerprint density at radius 1 is 0.625 bits per heavy atom. The Balaban J connectivity index is 1.21. The molecule has 0 radical (unpaired) electrons. The van der Waals surface area contributed by atoms with E-state index in [1.54, 1.807) is 0 Å². The van der Waals surface area contributed by atoms with Crippen molar-refractivity contribution < 1.29 is 4.42 Å². The normalized spacial score (nSPS) is 13.9. The van der Waals surface area contributed by atoms with E-state index in [1.165, 1.54) is 53.0 Å². The van der Waals surface area contributed by atoms with Crippen molar-refractivity contribution in [3.8, 4) is 11.8 Å². The largest absolute Gasteiger partial charge is 0.468 e. The Labute approximate surface area is 326 Å². The average Bonchev–Trinajstić information content (AvgIpc) is 3.90. The summed E-state index contributed by atoms with van der Waals surface area (Å²) in [5.41, 5.74) is 15.8. The minimum absolute atomic E-state index is 0.0650. The smallest absolute Gasteiger partial charge is 0.297 e. The molecule has 0 spiro atoms. The number of nitriles is 1. The van der Waals surface area contributed by atoms with Crippen LogP contribution < -0.4 is 26.4 Å². The van der Waals surface area contributed by atoms with Crippen molar-refractivity contribution in [2.24, 2.45) is 0 Å². The second-order valence-electron chi connectivity index (χ2n) is 16.4. The van der Waals surface area contributed by atoms with Gasteiger partial charge < -0.3 is 18.8 Å². The Bertz CT molecular complexity index is 3470. The SMILES string of the molecule is CC(C)(C)c1ccc2oc3c(c2c1)N(c1cccc2c1sc1ccccc12)c1cc(C#N)cc2c1B3c1cccc3c1N2c1cccc2c4ccccc4n-3c12. The number of hydrogen-bond donors (Lipinski definition) is 0. The van der Waals surface area contributed by atoms with E-state index in [-0.39, 0.29) is 12.1 Å². The molecule has 262 valence electrons. The third-order valence-electron chi connectivity index (χ3n) is 12.4. The molecule has 6 heterocycles. The quantitative estimate of drug-likeness (QED) is 0.158. The maximum Gasteiger partial charge on any atom is 0.297 e. The van der Waals surface area contributed by atoms with E-state index in [1.807, 2.05) is 11.3 Å². The first kappa shape index (κ1) is 30.6. The number of hydrogen-bond acceptors (Lipinski definition) is 5. The van der Waals surface area contributed by atoms with E-state index in [2.05, 4.69) is 175 Å². The highest BCUT2D eigenvalue weighted by Crippen LogP contribution is 2.54. The fraction of sp³-hybridized carbons (Fsp3) is 0.0816. The minimum Gasteiger partial charge on any atom is -0.468 e. The van der Waals surface area contributed by atoms with Crippen molar-refractivity contribution in [2.45, 2.75) is 26.2 Å². The lowest BCUT2D eigenvalue weighted by Crippen LogP contribution is -2.61. The predicted octanol–water partition coefficient (Wildman–Crippen LogP) is 11.5. The summed E-state index contributed by atoms with van der Waals surface area (Å²) in [5, 5.41) is 16.8. The van der Waals surface area contributed by atoms with Gasteiger partial charge in [-0.15, -0.1) is 11.3 Å². The van der Waals surface area contributed by atoms with Crippen molar-refractivity contribution in [3.63, 3.8) is 0 Å². The van der Waals surface area contributed by atoms with Crippen LogP contribution >= 0.6 is 11.3 Å². The van der Waals surface area contributed by atoms with E-state index in [0.29, 0.717) is 5.56 Å². The third kappa shape index (κ3) is 3.66. The van der Waals surface area contributed by atoms with Gasteiger partial charge in [0, 0.05) is 43.0 Å². The van der Waals surface area contributed by atoms with Gasteiger partial charge >= 0.3 is 0 Å². The molecule has 5 nitrogen and oxygen atoms in total. The monoisotopic (exact) mass is 734 g/mol. The maximum atomic E-state index is 10.8. The van der Waals surface area contributed by atoms with Crippen LogP contribution in [0.5, 0.6) is 0 Å². The van der Waals surface area contributed by atoms with Crippen LogP contribution in [0.15, 0.2) is 138 Å². The first-order chi connectivity index (χ1) is 27.4. The molecule has 0 aliphatic carbocycles. The van der Waals surface area contributed by atoms with Gasteiger partial charge in [0.15, 0.2) is 0 Å². The Morgan fingerprint density at radius 2 is 1.32 bits per heavy atom. The summed E-state index contributed by atoms with van der Waals surface area (Å²) in [6.07, 6.45) is 0. The summed E-state index contributed by atoms with van der Waals surface area (Å²) in [6, 6.07) is 51.0. The van der Waals surface area contributed by atoms with Gasteiger partial charge in [-0.2, -0.15) is 5.26 Å².